The first-order chi connectivity index (χ1) is 9.66. The smallest absolute Gasteiger partial charge is 0.281 e. The van der Waals surface area contributed by atoms with Gasteiger partial charge in [0.2, 0.25) is 0 Å². The van der Waals surface area contributed by atoms with Crippen molar-refractivity contribution in [2.24, 2.45) is 0 Å². The monoisotopic (exact) mass is 272 g/mol. The molecule has 1 saturated heterocycles. The quantitative estimate of drug-likeness (QED) is 0.756. The summed E-state index contributed by atoms with van der Waals surface area (Å²) in [5.74, 6) is -0.527. The molecule has 1 aromatic carbocycles. The lowest BCUT2D eigenvalue weighted by Gasteiger charge is -2.29. The highest BCUT2D eigenvalue weighted by atomic mass is 16.5. The molecule has 0 unspecified atom stereocenters. The molecule has 5 nitrogen and oxygen atoms in total. The SMILES string of the molecule is Cc1ccc(N2C(=O)C=C(N3CCOCC3)C2=O)cc1. The first-order valence-corrected chi connectivity index (χ1v) is 6.66. The third-order valence-corrected chi connectivity index (χ3v) is 3.55. The fourth-order valence-electron chi connectivity index (χ4n) is 2.43. The van der Waals surface area contributed by atoms with Crippen LogP contribution in [-0.2, 0) is 14.3 Å². The van der Waals surface area contributed by atoms with Gasteiger partial charge in [-0.25, -0.2) is 4.90 Å². The third-order valence-electron chi connectivity index (χ3n) is 3.55. The van der Waals surface area contributed by atoms with Crippen LogP contribution in [0, 0.1) is 6.92 Å². The number of aryl methyl sites for hydroxylation is 1. The second-order valence-corrected chi connectivity index (χ2v) is 4.94. The Balaban J connectivity index is 1.84. The maximum Gasteiger partial charge on any atom is 0.281 e. The van der Waals surface area contributed by atoms with Gasteiger partial charge in [0.15, 0.2) is 0 Å². The second kappa shape index (κ2) is 5.09. The van der Waals surface area contributed by atoms with Crippen molar-refractivity contribution in [1.82, 2.24) is 4.90 Å². The largest absolute Gasteiger partial charge is 0.378 e. The predicted molar refractivity (Wildman–Crippen MR) is 74.1 cm³/mol. The number of benzene rings is 1. The van der Waals surface area contributed by atoms with E-state index in [1.165, 1.54) is 11.0 Å². The van der Waals surface area contributed by atoms with E-state index in [4.69, 9.17) is 4.74 Å². The van der Waals surface area contributed by atoms with Gasteiger partial charge in [-0.1, -0.05) is 17.7 Å². The molecule has 20 heavy (non-hydrogen) atoms. The Morgan fingerprint density at radius 2 is 1.70 bits per heavy atom. The van der Waals surface area contributed by atoms with E-state index >= 15 is 0 Å². The van der Waals surface area contributed by atoms with Gasteiger partial charge >= 0.3 is 0 Å². The van der Waals surface area contributed by atoms with E-state index in [1.54, 1.807) is 12.1 Å². The lowest BCUT2D eigenvalue weighted by atomic mass is 10.2. The fraction of sp³-hybridized carbons (Fsp3) is 0.333. The molecule has 104 valence electrons. The van der Waals surface area contributed by atoms with E-state index in [2.05, 4.69) is 0 Å². The Hall–Kier alpha value is -2.14. The van der Waals surface area contributed by atoms with E-state index in [-0.39, 0.29) is 11.8 Å². The van der Waals surface area contributed by atoms with Crippen LogP contribution in [0.5, 0.6) is 0 Å². The number of morpholine rings is 1. The minimum Gasteiger partial charge on any atom is -0.378 e. The Labute approximate surface area is 117 Å². The molecular formula is C15H16N2O3. The van der Waals surface area contributed by atoms with Gasteiger partial charge in [0.05, 0.1) is 18.9 Å². The molecule has 0 aromatic heterocycles. The average Bonchev–Trinajstić information content (AvgIpc) is 2.76. The molecule has 0 radical (unpaired) electrons. The van der Waals surface area contributed by atoms with Crippen LogP contribution in [-0.4, -0.2) is 43.0 Å². The number of anilines is 1. The summed E-state index contributed by atoms with van der Waals surface area (Å²) < 4.78 is 5.27. The van der Waals surface area contributed by atoms with Crippen molar-refractivity contribution in [2.45, 2.75) is 6.92 Å². The topological polar surface area (TPSA) is 49.9 Å². The summed E-state index contributed by atoms with van der Waals surface area (Å²) in [6, 6.07) is 7.37. The van der Waals surface area contributed by atoms with Gasteiger partial charge in [0.25, 0.3) is 11.8 Å². The molecule has 3 rings (SSSR count). The highest BCUT2D eigenvalue weighted by Crippen LogP contribution is 2.25. The van der Waals surface area contributed by atoms with Crippen molar-refractivity contribution in [3.63, 3.8) is 0 Å². The number of nitrogens with zero attached hydrogens (tertiary/aromatic N) is 2. The molecular weight excluding hydrogens is 256 g/mol. The summed E-state index contributed by atoms with van der Waals surface area (Å²) in [5.41, 5.74) is 2.18. The molecule has 0 N–H and O–H groups in total. The second-order valence-electron chi connectivity index (χ2n) is 4.94. The van der Waals surface area contributed by atoms with E-state index in [1.807, 2.05) is 24.0 Å². The van der Waals surface area contributed by atoms with Crippen LogP contribution in [0.15, 0.2) is 36.0 Å². The van der Waals surface area contributed by atoms with Gasteiger partial charge in [-0.05, 0) is 19.1 Å². The van der Waals surface area contributed by atoms with Crippen molar-refractivity contribution in [2.75, 3.05) is 31.2 Å². The van der Waals surface area contributed by atoms with Gasteiger partial charge < -0.3 is 9.64 Å². The number of imide groups is 1. The zero-order valence-corrected chi connectivity index (χ0v) is 11.3. The Kier molecular flexibility index (Phi) is 3.28. The molecule has 1 aromatic rings. The molecule has 0 atom stereocenters. The zero-order chi connectivity index (χ0) is 14.1. The van der Waals surface area contributed by atoms with Crippen molar-refractivity contribution < 1.29 is 14.3 Å². The summed E-state index contributed by atoms with van der Waals surface area (Å²) in [6.45, 7) is 4.43. The molecule has 2 heterocycles. The molecule has 0 saturated carbocycles. The van der Waals surface area contributed by atoms with E-state index in [0.717, 1.165) is 5.56 Å². The van der Waals surface area contributed by atoms with Crippen molar-refractivity contribution in [3.8, 4) is 0 Å². The summed E-state index contributed by atoms with van der Waals surface area (Å²) in [6.07, 6.45) is 1.42. The van der Waals surface area contributed by atoms with Crippen LogP contribution in [0.3, 0.4) is 0 Å². The standard InChI is InChI=1S/C15H16N2O3/c1-11-2-4-12(5-3-11)17-14(18)10-13(15(17)19)16-6-8-20-9-7-16/h2-5,10H,6-9H2,1H3. The van der Waals surface area contributed by atoms with Crippen molar-refractivity contribution in [1.29, 1.82) is 0 Å². The minimum absolute atomic E-state index is 0.249. The minimum atomic E-state index is -0.277. The highest BCUT2D eigenvalue weighted by molar-refractivity contribution is 6.30. The summed E-state index contributed by atoms with van der Waals surface area (Å²) in [5, 5.41) is 0. The first-order valence-electron chi connectivity index (χ1n) is 6.66. The molecule has 2 aliphatic rings. The van der Waals surface area contributed by atoms with Crippen LogP contribution in [0.1, 0.15) is 5.56 Å². The Morgan fingerprint density at radius 3 is 2.35 bits per heavy atom. The number of rotatable bonds is 2. The number of carbonyl (C=O) groups is 2. The van der Waals surface area contributed by atoms with Gasteiger partial charge in [-0.2, -0.15) is 0 Å². The van der Waals surface area contributed by atoms with Gasteiger partial charge in [-0.3, -0.25) is 9.59 Å². The van der Waals surface area contributed by atoms with Crippen molar-refractivity contribution in [3.05, 3.63) is 41.6 Å². The average molecular weight is 272 g/mol. The van der Waals surface area contributed by atoms with Gasteiger partial charge in [0.1, 0.15) is 5.70 Å². The highest BCUT2D eigenvalue weighted by Gasteiger charge is 2.35. The fourth-order valence-corrected chi connectivity index (χ4v) is 2.43. The maximum absolute atomic E-state index is 12.5. The van der Waals surface area contributed by atoms with Gasteiger partial charge in [-0.15, -0.1) is 0 Å². The molecule has 5 heteroatoms. The Bertz CT molecular complexity index is 571. The number of carbonyl (C=O) groups excluding carboxylic acids is 2. The van der Waals surface area contributed by atoms with Crippen LogP contribution in [0.25, 0.3) is 0 Å². The molecule has 2 aliphatic heterocycles. The molecule has 0 spiro atoms. The summed E-state index contributed by atoms with van der Waals surface area (Å²) in [7, 11) is 0. The lowest BCUT2D eigenvalue weighted by Crippen LogP contribution is -2.40. The van der Waals surface area contributed by atoms with E-state index < -0.39 is 0 Å². The maximum atomic E-state index is 12.5. The Morgan fingerprint density at radius 1 is 1.05 bits per heavy atom. The third kappa shape index (κ3) is 2.20. The molecule has 0 aliphatic carbocycles. The van der Waals surface area contributed by atoms with E-state index in [0.29, 0.717) is 37.7 Å². The first kappa shape index (κ1) is 12.9. The zero-order valence-electron chi connectivity index (χ0n) is 11.3. The number of ether oxygens (including phenoxy) is 1. The number of amides is 2. The van der Waals surface area contributed by atoms with Crippen LogP contribution < -0.4 is 4.90 Å². The lowest BCUT2D eigenvalue weighted by molar-refractivity contribution is -0.121. The predicted octanol–water partition coefficient (Wildman–Crippen LogP) is 1.08. The molecule has 1 fully saturated rings. The normalized spacial score (nSPS) is 19.6. The van der Waals surface area contributed by atoms with Crippen LogP contribution in [0.4, 0.5) is 5.69 Å². The number of hydrogen-bond donors (Lipinski definition) is 0. The number of hydrogen-bond acceptors (Lipinski definition) is 4. The van der Waals surface area contributed by atoms with Gasteiger partial charge in [0, 0.05) is 19.2 Å². The molecule has 0 bridgehead atoms. The molecule has 2 amide bonds. The van der Waals surface area contributed by atoms with Crippen LogP contribution in [0.2, 0.25) is 0 Å². The van der Waals surface area contributed by atoms with Crippen LogP contribution >= 0.6 is 0 Å². The van der Waals surface area contributed by atoms with E-state index in [9.17, 15) is 9.59 Å². The van der Waals surface area contributed by atoms with Crippen molar-refractivity contribution >= 4 is 17.5 Å². The summed E-state index contributed by atoms with van der Waals surface area (Å²) >= 11 is 0. The summed E-state index contributed by atoms with van der Waals surface area (Å²) in [4.78, 5) is 27.7.